The Labute approximate surface area is 184 Å². The molecule has 0 radical (unpaired) electrons. The summed E-state index contributed by atoms with van der Waals surface area (Å²) >= 11 is 3.23. The van der Waals surface area contributed by atoms with Crippen LogP contribution in [0.25, 0.3) is 0 Å². The van der Waals surface area contributed by atoms with Crippen LogP contribution in [0, 0.1) is 5.82 Å². The second-order valence-electron chi connectivity index (χ2n) is 6.95. The first-order valence-electron chi connectivity index (χ1n) is 9.75. The van der Waals surface area contributed by atoms with Gasteiger partial charge in [-0.15, -0.1) is 0 Å². The number of carbonyl (C=O) groups is 1. The first-order chi connectivity index (χ1) is 14.2. The maximum Gasteiger partial charge on any atom is 0.267 e. The summed E-state index contributed by atoms with van der Waals surface area (Å²) in [5, 5.41) is 0. The monoisotopic (exact) mass is 498 g/mol. The molecule has 0 spiro atoms. The number of halogens is 2. The third kappa shape index (κ3) is 4.38. The van der Waals surface area contributed by atoms with Crippen molar-refractivity contribution in [1.82, 2.24) is 4.31 Å². The van der Waals surface area contributed by atoms with Gasteiger partial charge in [-0.25, -0.2) is 12.8 Å². The molecule has 2 aromatic carbocycles. The molecule has 0 fully saturated rings. The maximum absolute atomic E-state index is 13.3. The fourth-order valence-electron chi connectivity index (χ4n) is 3.51. The van der Waals surface area contributed by atoms with Gasteiger partial charge in [-0.3, -0.25) is 4.79 Å². The molecule has 1 unspecified atom stereocenters. The van der Waals surface area contributed by atoms with E-state index in [1.54, 1.807) is 43.9 Å². The Kier molecular flexibility index (Phi) is 6.84. The zero-order chi connectivity index (χ0) is 22.1. The van der Waals surface area contributed by atoms with Gasteiger partial charge in [0.05, 0.1) is 9.37 Å². The highest BCUT2D eigenvalue weighted by Gasteiger charge is 2.31. The van der Waals surface area contributed by atoms with Gasteiger partial charge in [-0.05, 0) is 71.2 Å². The average molecular weight is 499 g/mol. The van der Waals surface area contributed by atoms with Crippen molar-refractivity contribution in [2.45, 2.75) is 38.2 Å². The Morgan fingerprint density at radius 2 is 1.93 bits per heavy atom. The molecule has 1 aliphatic rings. The van der Waals surface area contributed by atoms with Crippen molar-refractivity contribution < 1.29 is 22.3 Å². The molecule has 1 aliphatic heterocycles. The van der Waals surface area contributed by atoms with E-state index in [4.69, 9.17) is 4.74 Å². The van der Waals surface area contributed by atoms with Crippen LogP contribution < -0.4 is 9.64 Å². The van der Waals surface area contributed by atoms with E-state index in [0.29, 0.717) is 42.0 Å². The maximum atomic E-state index is 13.3. The SMILES string of the molecule is CCN(CC)S(=O)(=O)c1ccc2c(c1)CCN2C(=O)C(C)Oc1ccc(F)cc1Br. The minimum Gasteiger partial charge on any atom is -0.480 e. The number of fused-ring (bicyclic) bond motifs is 1. The van der Waals surface area contributed by atoms with Crippen LogP contribution >= 0.6 is 15.9 Å². The average Bonchev–Trinajstić information content (AvgIpc) is 3.13. The van der Waals surface area contributed by atoms with Crippen LogP contribution in [-0.4, -0.2) is 44.4 Å². The first kappa shape index (κ1) is 22.7. The van der Waals surface area contributed by atoms with Crippen LogP contribution in [0.1, 0.15) is 26.3 Å². The number of carbonyl (C=O) groups excluding carboxylic acids is 1. The lowest BCUT2D eigenvalue weighted by Crippen LogP contribution is -2.39. The number of amides is 1. The number of rotatable bonds is 7. The molecule has 0 aliphatic carbocycles. The normalized spacial score (nSPS) is 14.7. The molecule has 3 rings (SSSR count). The second kappa shape index (κ2) is 9.03. The molecule has 1 amide bonds. The summed E-state index contributed by atoms with van der Waals surface area (Å²) in [4.78, 5) is 14.8. The minimum absolute atomic E-state index is 0.235. The molecule has 0 aromatic heterocycles. The van der Waals surface area contributed by atoms with Gasteiger partial charge in [0, 0.05) is 25.3 Å². The van der Waals surface area contributed by atoms with Gasteiger partial charge in [0.2, 0.25) is 10.0 Å². The zero-order valence-corrected chi connectivity index (χ0v) is 19.5. The smallest absolute Gasteiger partial charge is 0.267 e. The Bertz CT molecular complexity index is 1060. The van der Waals surface area contributed by atoms with Crippen LogP contribution in [0.3, 0.4) is 0 Å². The van der Waals surface area contributed by atoms with Gasteiger partial charge < -0.3 is 9.64 Å². The van der Waals surface area contributed by atoms with Gasteiger partial charge >= 0.3 is 0 Å². The fourth-order valence-corrected chi connectivity index (χ4v) is 5.46. The third-order valence-electron chi connectivity index (χ3n) is 5.10. The van der Waals surface area contributed by atoms with Crippen molar-refractivity contribution in [3.05, 3.63) is 52.3 Å². The lowest BCUT2D eigenvalue weighted by atomic mass is 10.2. The summed E-state index contributed by atoms with van der Waals surface area (Å²) in [6, 6.07) is 8.87. The van der Waals surface area contributed by atoms with Gasteiger partial charge in [0.1, 0.15) is 11.6 Å². The summed E-state index contributed by atoms with van der Waals surface area (Å²) in [5.41, 5.74) is 1.50. The van der Waals surface area contributed by atoms with Crippen LogP contribution in [0.4, 0.5) is 10.1 Å². The second-order valence-corrected chi connectivity index (χ2v) is 9.75. The molecule has 2 aromatic rings. The molecule has 0 bridgehead atoms. The molecule has 0 saturated heterocycles. The number of benzene rings is 2. The molecule has 0 saturated carbocycles. The molecule has 9 heteroatoms. The minimum atomic E-state index is -3.56. The summed E-state index contributed by atoms with van der Waals surface area (Å²) in [6.07, 6.45) is -0.230. The zero-order valence-electron chi connectivity index (χ0n) is 17.1. The first-order valence-corrected chi connectivity index (χ1v) is 12.0. The number of hydrogen-bond donors (Lipinski definition) is 0. The molecular formula is C21H24BrFN2O4S. The van der Waals surface area contributed by atoms with Crippen molar-refractivity contribution in [3.8, 4) is 5.75 Å². The molecule has 162 valence electrons. The highest BCUT2D eigenvalue weighted by atomic mass is 79.9. The number of nitrogens with zero attached hydrogens (tertiary/aromatic N) is 2. The number of hydrogen-bond acceptors (Lipinski definition) is 4. The van der Waals surface area contributed by atoms with E-state index in [2.05, 4.69) is 15.9 Å². The summed E-state index contributed by atoms with van der Waals surface area (Å²) in [5.74, 6) is -0.279. The van der Waals surface area contributed by atoms with E-state index in [0.717, 1.165) is 5.56 Å². The van der Waals surface area contributed by atoms with E-state index >= 15 is 0 Å². The van der Waals surface area contributed by atoms with Crippen LogP contribution in [0.5, 0.6) is 5.75 Å². The van der Waals surface area contributed by atoms with E-state index in [-0.39, 0.29) is 10.8 Å². The Hall–Kier alpha value is -1.97. The Morgan fingerprint density at radius 1 is 1.23 bits per heavy atom. The summed E-state index contributed by atoms with van der Waals surface area (Å²) < 4.78 is 46.4. The lowest BCUT2D eigenvalue weighted by molar-refractivity contribution is -0.124. The van der Waals surface area contributed by atoms with E-state index in [1.807, 2.05) is 0 Å². The molecule has 6 nitrogen and oxygen atoms in total. The molecule has 30 heavy (non-hydrogen) atoms. The summed E-state index contributed by atoms with van der Waals surface area (Å²) in [7, 11) is -3.56. The number of anilines is 1. The number of sulfonamides is 1. The fraction of sp³-hybridized carbons (Fsp3) is 0.381. The lowest BCUT2D eigenvalue weighted by Gasteiger charge is -2.23. The summed E-state index contributed by atoms with van der Waals surface area (Å²) in [6.45, 7) is 6.48. The Balaban J connectivity index is 1.80. The molecule has 1 atom stereocenters. The predicted molar refractivity (Wildman–Crippen MR) is 117 cm³/mol. The molecular weight excluding hydrogens is 475 g/mol. The highest BCUT2D eigenvalue weighted by molar-refractivity contribution is 9.10. The van der Waals surface area contributed by atoms with Crippen LogP contribution in [0.15, 0.2) is 45.8 Å². The quantitative estimate of drug-likeness (QED) is 0.578. The van der Waals surface area contributed by atoms with Crippen molar-refractivity contribution in [3.63, 3.8) is 0 Å². The van der Waals surface area contributed by atoms with E-state index in [9.17, 15) is 17.6 Å². The van der Waals surface area contributed by atoms with Crippen molar-refractivity contribution in [1.29, 1.82) is 0 Å². The largest absolute Gasteiger partial charge is 0.480 e. The van der Waals surface area contributed by atoms with Gasteiger partial charge in [-0.2, -0.15) is 4.31 Å². The van der Waals surface area contributed by atoms with E-state index in [1.165, 1.54) is 22.5 Å². The topological polar surface area (TPSA) is 66.9 Å². The van der Waals surface area contributed by atoms with Crippen LogP contribution in [-0.2, 0) is 21.2 Å². The van der Waals surface area contributed by atoms with Gasteiger partial charge in [-0.1, -0.05) is 13.8 Å². The predicted octanol–water partition coefficient (Wildman–Crippen LogP) is 3.98. The van der Waals surface area contributed by atoms with Gasteiger partial charge in [0.15, 0.2) is 6.10 Å². The highest BCUT2D eigenvalue weighted by Crippen LogP contribution is 2.32. The van der Waals surface area contributed by atoms with Crippen molar-refractivity contribution >= 4 is 37.5 Å². The van der Waals surface area contributed by atoms with Crippen molar-refractivity contribution in [2.24, 2.45) is 0 Å². The van der Waals surface area contributed by atoms with Gasteiger partial charge in [0.25, 0.3) is 5.91 Å². The molecule has 0 N–H and O–H groups in total. The molecule has 1 heterocycles. The number of ether oxygens (including phenoxy) is 1. The standard InChI is InChI=1S/C21H24BrFN2O4S/c1-4-24(5-2)30(27,28)17-7-8-19-15(12-17)10-11-25(19)21(26)14(3)29-20-9-6-16(23)13-18(20)22/h6-9,12-14H,4-5,10-11H2,1-3H3. The van der Waals surface area contributed by atoms with E-state index < -0.39 is 21.9 Å². The Morgan fingerprint density at radius 3 is 2.57 bits per heavy atom. The van der Waals surface area contributed by atoms with Crippen LogP contribution in [0.2, 0.25) is 0 Å². The third-order valence-corrected chi connectivity index (χ3v) is 7.77. The van der Waals surface area contributed by atoms with Crippen molar-refractivity contribution in [2.75, 3.05) is 24.5 Å².